The molecule has 3 aromatic rings. The quantitative estimate of drug-likeness (QED) is 0.464. The third-order valence-electron chi connectivity index (χ3n) is 4.05. The Balaban J connectivity index is 1.67. The number of hydrogen-bond donors (Lipinski definition) is 0. The van der Waals surface area contributed by atoms with E-state index >= 15 is 0 Å². The highest BCUT2D eigenvalue weighted by molar-refractivity contribution is 5.90. The molecule has 3 rings (SSSR count). The molecule has 31 heavy (non-hydrogen) atoms. The molecule has 0 fully saturated rings. The van der Waals surface area contributed by atoms with E-state index in [2.05, 4.69) is 14.9 Å². The van der Waals surface area contributed by atoms with Crippen LogP contribution in [0.2, 0.25) is 0 Å². The van der Waals surface area contributed by atoms with E-state index in [1.54, 1.807) is 18.2 Å². The molecule has 1 aromatic heterocycles. The molecule has 0 spiro atoms. The van der Waals surface area contributed by atoms with Crippen LogP contribution in [0.3, 0.4) is 0 Å². The molecule has 0 amide bonds. The number of halogens is 2. The van der Waals surface area contributed by atoms with Gasteiger partial charge >= 0.3 is 12.6 Å². The summed E-state index contributed by atoms with van der Waals surface area (Å²) in [5.74, 6) is 0.377. The van der Waals surface area contributed by atoms with Gasteiger partial charge < -0.3 is 28.2 Å². The molecule has 0 aliphatic rings. The molecule has 11 heteroatoms. The lowest BCUT2D eigenvalue weighted by molar-refractivity contribution is -0.0512. The molecule has 0 unspecified atom stereocenters. The van der Waals surface area contributed by atoms with Crippen molar-refractivity contribution in [1.29, 1.82) is 0 Å². The average molecular weight is 436 g/mol. The normalized spacial score (nSPS) is 10.6. The van der Waals surface area contributed by atoms with Gasteiger partial charge in [0.05, 0.1) is 26.9 Å². The molecule has 0 aliphatic heterocycles. The number of alkyl halides is 2. The maximum absolute atomic E-state index is 12.4. The van der Waals surface area contributed by atoms with Gasteiger partial charge in [0.2, 0.25) is 5.82 Å². The minimum atomic E-state index is -3.02. The number of rotatable bonds is 9. The highest BCUT2D eigenvalue weighted by atomic mass is 19.3. The molecule has 0 aliphatic carbocycles. The van der Waals surface area contributed by atoms with E-state index in [0.717, 1.165) is 0 Å². The van der Waals surface area contributed by atoms with Gasteiger partial charge in [-0.25, -0.2) is 4.79 Å². The van der Waals surface area contributed by atoms with Gasteiger partial charge in [0.1, 0.15) is 0 Å². The smallest absolute Gasteiger partial charge is 0.387 e. The number of carbonyl (C=O) groups excluding carboxylic acids is 1. The van der Waals surface area contributed by atoms with Crippen LogP contribution in [0.25, 0.3) is 11.4 Å². The fourth-order valence-electron chi connectivity index (χ4n) is 2.60. The number of carbonyl (C=O) groups is 1. The van der Waals surface area contributed by atoms with E-state index in [1.165, 1.54) is 39.5 Å². The molecular formula is C20H18F2N2O7. The van der Waals surface area contributed by atoms with Crippen LogP contribution < -0.4 is 18.9 Å². The Morgan fingerprint density at radius 1 is 0.968 bits per heavy atom. The van der Waals surface area contributed by atoms with Gasteiger partial charge in [0.15, 0.2) is 29.6 Å². The average Bonchev–Trinajstić information content (AvgIpc) is 3.25. The number of nitrogens with zero attached hydrogens (tertiary/aromatic N) is 2. The van der Waals surface area contributed by atoms with Crippen LogP contribution >= 0.6 is 0 Å². The van der Waals surface area contributed by atoms with Crippen molar-refractivity contribution >= 4 is 5.97 Å². The summed E-state index contributed by atoms with van der Waals surface area (Å²) in [6, 6.07) is 8.77. The lowest BCUT2D eigenvalue weighted by Gasteiger charge is -2.10. The first-order valence-electron chi connectivity index (χ1n) is 8.80. The van der Waals surface area contributed by atoms with Gasteiger partial charge in [0, 0.05) is 5.56 Å². The second kappa shape index (κ2) is 9.74. The zero-order valence-corrected chi connectivity index (χ0v) is 16.8. The standard InChI is InChI=1S/C20H18F2N2O7/c1-26-13-6-4-11(8-15(13)27-2)18-23-17(31-24-18)10-29-19(25)12-5-7-14(30-20(21)22)16(9-12)28-3/h4-9,20H,10H2,1-3H3. The van der Waals surface area contributed by atoms with Crippen molar-refractivity contribution in [3.05, 3.63) is 47.9 Å². The summed E-state index contributed by atoms with van der Waals surface area (Å²) in [6.07, 6.45) is 0. The summed E-state index contributed by atoms with van der Waals surface area (Å²) < 4.78 is 54.8. The van der Waals surface area contributed by atoms with E-state index in [-0.39, 0.29) is 35.4 Å². The van der Waals surface area contributed by atoms with Crippen molar-refractivity contribution < 1.29 is 41.8 Å². The minimum absolute atomic E-state index is 0.0386. The van der Waals surface area contributed by atoms with Crippen molar-refractivity contribution in [2.24, 2.45) is 0 Å². The van der Waals surface area contributed by atoms with Crippen LogP contribution in [-0.4, -0.2) is 44.1 Å². The van der Waals surface area contributed by atoms with Crippen molar-refractivity contribution in [2.75, 3.05) is 21.3 Å². The van der Waals surface area contributed by atoms with Gasteiger partial charge in [-0.1, -0.05) is 5.16 Å². The Kier molecular flexibility index (Phi) is 6.85. The van der Waals surface area contributed by atoms with Crippen LogP contribution in [0, 0.1) is 0 Å². The zero-order chi connectivity index (χ0) is 22.4. The topological polar surface area (TPSA) is 102 Å². The molecule has 0 radical (unpaired) electrons. The van der Waals surface area contributed by atoms with Crippen LogP contribution in [-0.2, 0) is 11.3 Å². The summed E-state index contributed by atoms with van der Waals surface area (Å²) in [5, 5.41) is 3.85. The zero-order valence-electron chi connectivity index (χ0n) is 16.8. The summed E-state index contributed by atoms with van der Waals surface area (Å²) >= 11 is 0. The van der Waals surface area contributed by atoms with Crippen molar-refractivity contribution in [3.8, 4) is 34.4 Å². The molecule has 0 N–H and O–H groups in total. The third-order valence-corrected chi connectivity index (χ3v) is 4.05. The molecule has 9 nitrogen and oxygen atoms in total. The number of esters is 1. The van der Waals surface area contributed by atoms with Crippen molar-refractivity contribution in [1.82, 2.24) is 10.1 Å². The molecular weight excluding hydrogens is 418 g/mol. The second-order valence-corrected chi connectivity index (χ2v) is 5.90. The highest BCUT2D eigenvalue weighted by Crippen LogP contribution is 2.32. The predicted molar refractivity (Wildman–Crippen MR) is 102 cm³/mol. The number of benzene rings is 2. The lowest BCUT2D eigenvalue weighted by atomic mass is 10.2. The van der Waals surface area contributed by atoms with E-state index < -0.39 is 12.6 Å². The maximum atomic E-state index is 12.4. The molecule has 0 bridgehead atoms. The number of aromatic nitrogens is 2. The number of hydrogen-bond acceptors (Lipinski definition) is 9. The Morgan fingerprint density at radius 2 is 1.65 bits per heavy atom. The Bertz CT molecular complexity index is 1060. The van der Waals surface area contributed by atoms with E-state index in [4.69, 9.17) is 23.5 Å². The summed E-state index contributed by atoms with van der Waals surface area (Å²) in [4.78, 5) is 16.4. The van der Waals surface area contributed by atoms with Gasteiger partial charge in [-0.3, -0.25) is 0 Å². The number of ether oxygens (including phenoxy) is 5. The highest BCUT2D eigenvalue weighted by Gasteiger charge is 2.17. The Labute approximate surface area is 175 Å². The fourth-order valence-corrected chi connectivity index (χ4v) is 2.60. The molecule has 0 saturated carbocycles. The van der Waals surface area contributed by atoms with Gasteiger partial charge in [-0.05, 0) is 36.4 Å². The van der Waals surface area contributed by atoms with E-state index in [1.807, 2.05) is 0 Å². The first kappa shape index (κ1) is 21.8. The number of methoxy groups -OCH3 is 3. The molecule has 164 valence electrons. The monoisotopic (exact) mass is 436 g/mol. The first-order valence-corrected chi connectivity index (χ1v) is 8.80. The fraction of sp³-hybridized carbons (Fsp3) is 0.250. The lowest BCUT2D eigenvalue weighted by Crippen LogP contribution is -2.07. The van der Waals surface area contributed by atoms with Gasteiger partial charge in [-0.15, -0.1) is 0 Å². The van der Waals surface area contributed by atoms with Crippen LogP contribution in [0.15, 0.2) is 40.9 Å². The first-order chi connectivity index (χ1) is 14.9. The summed E-state index contributed by atoms with van der Waals surface area (Å²) in [5.41, 5.74) is 0.677. The van der Waals surface area contributed by atoms with E-state index in [0.29, 0.717) is 17.1 Å². The van der Waals surface area contributed by atoms with Crippen LogP contribution in [0.4, 0.5) is 8.78 Å². The predicted octanol–water partition coefficient (Wildman–Crippen LogP) is 3.72. The Hall–Kier alpha value is -3.89. The van der Waals surface area contributed by atoms with Crippen LogP contribution in [0.5, 0.6) is 23.0 Å². The van der Waals surface area contributed by atoms with E-state index in [9.17, 15) is 13.6 Å². The van der Waals surface area contributed by atoms with Gasteiger partial charge in [0.25, 0.3) is 5.89 Å². The molecule has 0 atom stereocenters. The van der Waals surface area contributed by atoms with Crippen molar-refractivity contribution in [2.45, 2.75) is 13.2 Å². The minimum Gasteiger partial charge on any atom is -0.493 e. The maximum Gasteiger partial charge on any atom is 0.387 e. The molecule has 2 aromatic carbocycles. The molecule has 0 saturated heterocycles. The summed E-state index contributed by atoms with van der Waals surface area (Å²) in [7, 11) is 4.29. The third kappa shape index (κ3) is 5.18. The summed E-state index contributed by atoms with van der Waals surface area (Å²) in [6.45, 7) is -3.32. The van der Waals surface area contributed by atoms with Crippen molar-refractivity contribution in [3.63, 3.8) is 0 Å². The van der Waals surface area contributed by atoms with Crippen LogP contribution in [0.1, 0.15) is 16.2 Å². The SMILES string of the molecule is COc1ccc(-c2noc(COC(=O)c3ccc(OC(F)F)c(OC)c3)n2)cc1OC. The Morgan fingerprint density at radius 3 is 2.32 bits per heavy atom. The van der Waals surface area contributed by atoms with Gasteiger partial charge in [-0.2, -0.15) is 13.8 Å². The molecule has 1 heterocycles. The largest absolute Gasteiger partial charge is 0.493 e. The second-order valence-electron chi connectivity index (χ2n) is 5.90.